The van der Waals surface area contributed by atoms with Crippen LogP contribution in [0.15, 0.2) is 59.7 Å². The third kappa shape index (κ3) is 3.15. The van der Waals surface area contributed by atoms with Gasteiger partial charge in [-0.25, -0.2) is 17.6 Å². The third-order valence-electron chi connectivity index (χ3n) is 7.50. The predicted octanol–water partition coefficient (Wildman–Crippen LogP) is 7.00. The van der Waals surface area contributed by atoms with Crippen molar-refractivity contribution in [1.29, 1.82) is 21.0 Å². The van der Waals surface area contributed by atoms with Gasteiger partial charge >= 0.3 is 0 Å². The Labute approximate surface area is 233 Å². The first kappa shape index (κ1) is 24.7. The standard InChI is InChI=1S/C32H8F4N6/c33-23-5-13-1-19-20(2-14(13)6-24(23)34)29-30-27(17(9-37)10-38)21-3-15-7-25(35)26(36)8-16(15)4-22(21)31(30)41-42-32(29)28(19)18(11-39)12-40/h1-8H. The summed E-state index contributed by atoms with van der Waals surface area (Å²) >= 11 is 0. The number of hydrogen-bond acceptors (Lipinski definition) is 6. The van der Waals surface area contributed by atoms with Gasteiger partial charge in [0, 0.05) is 27.8 Å². The first-order valence-corrected chi connectivity index (χ1v) is 12.2. The Bertz CT molecular complexity index is 2360. The van der Waals surface area contributed by atoms with Crippen LogP contribution in [0.1, 0.15) is 22.4 Å². The highest BCUT2D eigenvalue weighted by Gasteiger charge is 2.39. The molecule has 2 aliphatic rings. The van der Waals surface area contributed by atoms with Gasteiger partial charge in [-0.3, -0.25) is 0 Å². The molecule has 10 heteroatoms. The van der Waals surface area contributed by atoms with E-state index in [0.29, 0.717) is 49.4 Å². The van der Waals surface area contributed by atoms with Gasteiger partial charge in [-0.15, -0.1) is 10.2 Å². The topological polar surface area (TPSA) is 121 Å². The van der Waals surface area contributed by atoms with Crippen molar-refractivity contribution < 1.29 is 17.6 Å². The molecule has 6 nitrogen and oxygen atoms in total. The molecule has 0 saturated carbocycles. The molecule has 0 unspecified atom stereocenters. The second-order valence-corrected chi connectivity index (χ2v) is 9.62. The summed E-state index contributed by atoms with van der Waals surface area (Å²) in [6.07, 6.45) is 0. The highest BCUT2D eigenvalue weighted by atomic mass is 19.2. The molecule has 194 valence electrons. The first-order chi connectivity index (χ1) is 20.3. The number of halogens is 4. The summed E-state index contributed by atoms with van der Waals surface area (Å²) in [5, 5.41) is 49.4. The molecule has 5 aromatic rings. The summed E-state index contributed by atoms with van der Waals surface area (Å²) in [7, 11) is 0. The van der Waals surface area contributed by atoms with Crippen molar-refractivity contribution in [2.24, 2.45) is 0 Å². The van der Waals surface area contributed by atoms with Crippen LogP contribution in [0, 0.1) is 68.6 Å². The predicted molar refractivity (Wildman–Crippen MR) is 142 cm³/mol. The Balaban J connectivity index is 1.67. The number of fused-ring (bicyclic) bond motifs is 9. The van der Waals surface area contributed by atoms with Gasteiger partial charge in [0.15, 0.2) is 23.3 Å². The molecule has 0 amide bonds. The second kappa shape index (κ2) is 8.57. The van der Waals surface area contributed by atoms with E-state index in [1.54, 1.807) is 12.1 Å². The van der Waals surface area contributed by atoms with Crippen LogP contribution in [0.5, 0.6) is 0 Å². The molecule has 1 heterocycles. The zero-order valence-electron chi connectivity index (χ0n) is 20.8. The minimum atomic E-state index is -1.08. The maximum atomic E-state index is 14.2. The lowest BCUT2D eigenvalue weighted by Crippen LogP contribution is -1.98. The number of nitrogens with zero attached hydrogens (tertiary/aromatic N) is 6. The minimum absolute atomic E-state index is 0.0975. The third-order valence-corrected chi connectivity index (χ3v) is 7.50. The van der Waals surface area contributed by atoms with Crippen LogP contribution in [-0.2, 0) is 0 Å². The number of allylic oxidation sites excluding steroid dienone is 2. The molecular weight excluding hydrogens is 544 g/mol. The molecule has 42 heavy (non-hydrogen) atoms. The first-order valence-electron chi connectivity index (χ1n) is 12.2. The molecule has 0 atom stereocenters. The van der Waals surface area contributed by atoms with E-state index in [1.165, 1.54) is 12.1 Å². The smallest absolute Gasteiger partial charge is 0.159 e. The lowest BCUT2D eigenvalue weighted by atomic mass is 9.92. The maximum Gasteiger partial charge on any atom is 0.159 e. The fourth-order valence-electron chi connectivity index (χ4n) is 5.76. The van der Waals surface area contributed by atoms with Crippen molar-refractivity contribution in [1.82, 2.24) is 10.2 Å². The fourth-order valence-corrected chi connectivity index (χ4v) is 5.76. The summed E-state index contributed by atoms with van der Waals surface area (Å²) in [4.78, 5) is 0. The van der Waals surface area contributed by atoms with Crippen molar-refractivity contribution in [3.05, 3.63) is 105 Å². The normalized spacial score (nSPS) is 12.1. The summed E-state index contributed by atoms with van der Waals surface area (Å²) in [5.41, 5.74) is 1.99. The van der Waals surface area contributed by atoms with Gasteiger partial charge in [-0.05, 0) is 86.8 Å². The Hall–Kier alpha value is -6.36. The Kier molecular flexibility index (Phi) is 5.03. The Morgan fingerprint density at radius 1 is 0.452 bits per heavy atom. The number of aromatic nitrogens is 2. The van der Waals surface area contributed by atoms with Crippen LogP contribution in [-0.4, -0.2) is 10.2 Å². The number of hydrogen-bond donors (Lipinski definition) is 0. The van der Waals surface area contributed by atoms with E-state index >= 15 is 0 Å². The van der Waals surface area contributed by atoms with Crippen molar-refractivity contribution in [3.63, 3.8) is 0 Å². The highest BCUT2D eigenvalue weighted by molar-refractivity contribution is 6.16. The molecule has 0 bridgehead atoms. The van der Waals surface area contributed by atoms with Gasteiger partial charge in [0.25, 0.3) is 0 Å². The lowest BCUT2D eigenvalue weighted by Gasteiger charge is -2.10. The van der Waals surface area contributed by atoms with Gasteiger partial charge in [0.1, 0.15) is 46.8 Å². The summed E-state index contributed by atoms with van der Waals surface area (Å²) in [6, 6.07) is 17.6. The maximum absolute atomic E-state index is 14.2. The SMILES string of the molecule is N#CC(C#N)=C1c2cc3cc(F)c(F)cc3cc2-c2c1nnc1c2C(=C(C#N)C#N)c2cc3cc(F)c(F)cc3cc2-1. The zero-order valence-corrected chi connectivity index (χ0v) is 20.8. The number of rotatable bonds is 0. The molecule has 4 aromatic carbocycles. The van der Waals surface area contributed by atoms with Crippen molar-refractivity contribution in [2.45, 2.75) is 0 Å². The average Bonchev–Trinajstić information content (AvgIpc) is 3.46. The van der Waals surface area contributed by atoms with Gasteiger partial charge in [0.2, 0.25) is 0 Å². The van der Waals surface area contributed by atoms with Crippen LogP contribution in [0.4, 0.5) is 17.6 Å². The molecule has 2 aliphatic carbocycles. The molecule has 0 aliphatic heterocycles. The number of benzene rings is 4. The second-order valence-electron chi connectivity index (χ2n) is 9.62. The summed E-state index contributed by atoms with van der Waals surface area (Å²) in [5.74, 6) is -4.31. The van der Waals surface area contributed by atoms with Crippen molar-refractivity contribution >= 4 is 32.7 Å². The Morgan fingerprint density at radius 3 is 1.31 bits per heavy atom. The fraction of sp³-hybridized carbons (Fsp3) is 0. The molecule has 0 fully saturated rings. The van der Waals surface area contributed by atoms with Gasteiger partial charge < -0.3 is 0 Å². The van der Waals surface area contributed by atoms with E-state index in [0.717, 1.165) is 24.3 Å². The monoisotopic (exact) mass is 552 g/mol. The Morgan fingerprint density at radius 2 is 0.833 bits per heavy atom. The quantitative estimate of drug-likeness (QED) is 0.148. The van der Waals surface area contributed by atoms with E-state index in [-0.39, 0.29) is 39.2 Å². The van der Waals surface area contributed by atoms with E-state index in [4.69, 9.17) is 0 Å². The van der Waals surface area contributed by atoms with Gasteiger partial charge in [0.05, 0.1) is 0 Å². The van der Waals surface area contributed by atoms with Crippen molar-refractivity contribution in [3.8, 4) is 46.7 Å². The van der Waals surface area contributed by atoms with Crippen LogP contribution in [0.3, 0.4) is 0 Å². The average molecular weight is 552 g/mol. The summed E-state index contributed by atoms with van der Waals surface area (Å²) < 4.78 is 56.6. The molecule has 0 saturated heterocycles. The van der Waals surface area contributed by atoms with E-state index in [1.807, 2.05) is 24.3 Å². The van der Waals surface area contributed by atoms with Gasteiger partial charge in [-0.1, -0.05) is 0 Å². The highest BCUT2D eigenvalue weighted by Crippen LogP contribution is 2.55. The molecule has 0 radical (unpaired) electrons. The van der Waals surface area contributed by atoms with Crippen molar-refractivity contribution in [2.75, 3.05) is 0 Å². The van der Waals surface area contributed by atoms with Crippen LogP contribution in [0.2, 0.25) is 0 Å². The van der Waals surface area contributed by atoms with Crippen LogP contribution < -0.4 is 0 Å². The van der Waals surface area contributed by atoms with E-state index < -0.39 is 23.3 Å². The summed E-state index contributed by atoms with van der Waals surface area (Å²) in [6.45, 7) is 0. The molecule has 7 rings (SSSR count). The van der Waals surface area contributed by atoms with Crippen LogP contribution >= 0.6 is 0 Å². The molecular formula is C32H8F4N6. The van der Waals surface area contributed by atoms with E-state index in [2.05, 4.69) is 10.2 Å². The van der Waals surface area contributed by atoms with Gasteiger partial charge in [-0.2, -0.15) is 21.0 Å². The largest absolute Gasteiger partial charge is 0.204 e. The van der Waals surface area contributed by atoms with Crippen LogP contribution in [0.25, 0.3) is 55.1 Å². The molecule has 1 aromatic heterocycles. The lowest BCUT2D eigenvalue weighted by molar-refractivity contribution is 0.511. The van der Waals surface area contributed by atoms with E-state index in [9.17, 15) is 38.6 Å². The molecule has 0 spiro atoms. The molecule has 0 N–H and O–H groups in total. The zero-order chi connectivity index (χ0) is 29.4. The number of nitriles is 4. The minimum Gasteiger partial charge on any atom is -0.204 e.